The van der Waals surface area contributed by atoms with Crippen LogP contribution < -0.4 is 5.32 Å². The summed E-state index contributed by atoms with van der Waals surface area (Å²) < 4.78 is 0. The number of aliphatic carboxylic acids is 1. The van der Waals surface area contributed by atoms with E-state index < -0.39 is 11.5 Å². The molecule has 2 N–H and O–H groups in total. The number of amides is 1. The molecule has 1 amide bonds. The Balaban J connectivity index is 2.85. The van der Waals surface area contributed by atoms with Gasteiger partial charge in [-0.25, -0.2) is 0 Å². The molecule has 0 aliphatic rings. The lowest BCUT2D eigenvalue weighted by Gasteiger charge is -2.24. The number of nitrogens with one attached hydrogen (secondary N) is 1. The maximum atomic E-state index is 12.0. The highest BCUT2D eigenvalue weighted by molar-refractivity contribution is 5.95. The van der Waals surface area contributed by atoms with Crippen molar-refractivity contribution in [2.45, 2.75) is 39.7 Å². The Hall–Kier alpha value is -1.84. The Morgan fingerprint density at radius 3 is 2.11 bits per heavy atom. The van der Waals surface area contributed by atoms with Crippen LogP contribution in [0, 0.1) is 13.8 Å². The lowest BCUT2D eigenvalue weighted by atomic mass is 9.99. The van der Waals surface area contributed by atoms with Gasteiger partial charge in [0.2, 0.25) is 0 Å². The number of aryl methyl sites for hydroxylation is 2. The van der Waals surface area contributed by atoms with Gasteiger partial charge in [0.25, 0.3) is 5.91 Å². The number of hydrogen-bond acceptors (Lipinski definition) is 2. The zero-order chi connectivity index (χ0) is 13.9. The quantitative estimate of drug-likeness (QED) is 0.860. The van der Waals surface area contributed by atoms with Crippen LogP contribution in [0.15, 0.2) is 18.2 Å². The third-order valence-corrected chi connectivity index (χ3v) is 2.53. The van der Waals surface area contributed by atoms with E-state index >= 15 is 0 Å². The Labute approximate surface area is 107 Å². The molecule has 0 aliphatic heterocycles. The van der Waals surface area contributed by atoms with Gasteiger partial charge in [0.1, 0.15) is 0 Å². The molecule has 1 aromatic carbocycles. The third-order valence-electron chi connectivity index (χ3n) is 2.53. The van der Waals surface area contributed by atoms with Crippen LogP contribution in [0.5, 0.6) is 0 Å². The minimum atomic E-state index is -0.930. The maximum absolute atomic E-state index is 12.0. The fourth-order valence-electron chi connectivity index (χ4n) is 1.91. The summed E-state index contributed by atoms with van der Waals surface area (Å²) in [5.74, 6) is -1.17. The first-order valence-corrected chi connectivity index (χ1v) is 5.82. The van der Waals surface area contributed by atoms with E-state index in [-0.39, 0.29) is 12.3 Å². The van der Waals surface area contributed by atoms with E-state index in [0.717, 1.165) is 11.1 Å². The number of carbonyl (C=O) groups is 2. The van der Waals surface area contributed by atoms with Gasteiger partial charge in [-0.1, -0.05) is 17.2 Å². The molecule has 4 nitrogen and oxygen atoms in total. The monoisotopic (exact) mass is 249 g/mol. The Morgan fingerprint density at radius 1 is 1.17 bits per heavy atom. The van der Waals surface area contributed by atoms with Crippen molar-refractivity contribution >= 4 is 11.9 Å². The van der Waals surface area contributed by atoms with Crippen LogP contribution >= 0.6 is 0 Å². The molecule has 0 fully saturated rings. The number of benzene rings is 1. The summed E-state index contributed by atoms with van der Waals surface area (Å²) in [5.41, 5.74) is 1.82. The summed E-state index contributed by atoms with van der Waals surface area (Å²) in [6, 6.07) is 5.57. The van der Waals surface area contributed by atoms with Gasteiger partial charge >= 0.3 is 5.97 Å². The van der Waals surface area contributed by atoms with Crippen LogP contribution in [0.1, 0.15) is 41.8 Å². The number of carboxylic acids is 1. The van der Waals surface area contributed by atoms with Gasteiger partial charge in [-0.05, 0) is 39.8 Å². The summed E-state index contributed by atoms with van der Waals surface area (Å²) in [4.78, 5) is 22.7. The predicted octanol–water partition coefficient (Wildman–Crippen LogP) is 2.29. The number of carbonyl (C=O) groups excluding carboxylic acids is 1. The van der Waals surface area contributed by atoms with Gasteiger partial charge < -0.3 is 10.4 Å². The molecule has 4 heteroatoms. The Morgan fingerprint density at radius 2 is 1.67 bits per heavy atom. The van der Waals surface area contributed by atoms with Crippen LogP contribution in [-0.4, -0.2) is 22.5 Å². The summed E-state index contributed by atoms with van der Waals surface area (Å²) >= 11 is 0. The van der Waals surface area contributed by atoms with E-state index in [9.17, 15) is 9.59 Å². The lowest BCUT2D eigenvalue weighted by molar-refractivity contribution is -0.138. The van der Waals surface area contributed by atoms with E-state index in [0.29, 0.717) is 5.56 Å². The van der Waals surface area contributed by atoms with Crippen molar-refractivity contribution in [1.82, 2.24) is 5.32 Å². The molecule has 0 radical (unpaired) electrons. The zero-order valence-corrected chi connectivity index (χ0v) is 11.2. The largest absolute Gasteiger partial charge is 0.481 e. The summed E-state index contributed by atoms with van der Waals surface area (Å²) in [6.07, 6.45) is -0.108. The van der Waals surface area contributed by atoms with Gasteiger partial charge in [-0.15, -0.1) is 0 Å². The van der Waals surface area contributed by atoms with Gasteiger partial charge in [0.15, 0.2) is 0 Å². The molecular formula is C14H19NO3. The Bertz CT molecular complexity index is 458. The lowest BCUT2D eigenvalue weighted by Crippen LogP contribution is -2.44. The first kappa shape index (κ1) is 14.2. The van der Waals surface area contributed by atoms with Crippen LogP contribution in [0.3, 0.4) is 0 Å². The molecule has 0 spiro atoms. The summed E-state index contributed by atoms with van der Waals surface area (Å²) in [5, 5.41) is 11.5. The molecule has 0 aliphatic carbocycles. The van der Waals surface area contributed by atoms with Crippen molar-refractivity contribution in [3.8, 4) is 0 Å². The van der Waals surface area contributed by atoms with E-state index in [1.807, 2.05) is 19.9 Å². The fourth-order valence-corrected chi connectivity index (χ4v) is 1.91. The molecule has 1 aromatic rings. The second-order valence-corrected chi connectivity index (χ2v) is 5.28. The van der Waals surface area contributed by atoms with Crippen molar-refractivity contribution in [2.75, 3.05) is 0 Å². The first-order valence-electron chi connectivity index (χ1n) is 5.82. The predicted molar refractivity (Wildman–Crippen MR) is 69.7 cm³/mol. The minimum absolute atomic E-state index is 0.108. The van der Waals surface area contributed by atoms with Crippen LogP contribution in [0.2, 0.25) is 0 Å². The number of hydrogen-bond donors (Lipinski definition) is 2. The van der Waals surface area contributed by atoms with Gasteiger partial charge in [0, 0.05) is 11.1 Å². The first-order chi connectivity index (χ1) is 8.19. The average molecular weight is 249 g/mol. The fraction of sp³-hybridized carbons (Fsp3) is 0.429. The van der Waals surface area contributed by atoms with E-state index in [4.69, 9.17) is 5.11 Å². The van der Waals surface area contributed by atoms with Crippen molar-refractivity contribution in [2.24, 2.45) is 0 Å². The van der Waals surface area contributed by atoms with Crippen molar-refractivity contribution in [3.05, 3.63) is 34.9 Å². The highest BCUT2D eigenvalue weighted by atomic mass is 16.4. The van der Waals surface area contributed by atoms with Crippen LogP contribution in [0.25, 0.3) is 0 Å². The highest BCUT2D eigenvalue weighted by Crippen LogP contribution is 2.13. The number of carboxylic acid groups (broad SMARTS) is 1. The highest BCUT2D eigenvalue weighted by Gasteiger charge is 2.24. The van der Waals surface area contributed by atoms with Crippen molar-refractivity contribution in [3.63, 3.8) is 0 Å². The Kier molecular flexibility index (Phi) is 4.11. The van der Waals surface area contributed by atoms with E-state index in [2.05, 4.69) is 5.32 Å². The molecule has 0 unspecified atom stereocenters. The molecule has 0 saturated carbocycles. The second kappa shape index (κ2) is 5.21. The van der Waals surface area contributed by atoms with Gasteiger partial charge in [-0.3, -0.25) is 9.59 Å². The zero-order valence-electron chi connectivity index (χ0n) is 11.2. The molecule has 0 aromatic heterocycles. The maximum Gasteiger partial charge on any atom is 0.305 e. The second-order valence-electron chi connectivity index (χ2n) is 5.28. The molecular weight excluding hydrogens is 230 g/mol. The minimum Gasteiger partial charge on any atom is -0.481 e. The third kappa shape index (κ3) is 4.20. The van der Waals surface area contributed by atoms with E-state index in [1.54, 1.807) is 26.0 Å². The molecule has 0 saturated heterocycles. The van der Waals surface area contributed by atoms with Crippen molar-refractivity contribution < 1.29 is 14.7 Å². The summed E-state index contributed by atoms with van der Waals surface area (Å²) in [7, 11) is 0. The average Bonchev–Trinajstić information content (AvgIpc) is 2.12. The van der Waals surface area contributed by atoms with Crippen LogP contribution in [-0.2, 0) is 4.79 Å². The normalized spacial score (nSPS) is 11.1. The standard InChI is InChI=1S/C14H19NO3/c1-9-5-10(2)7-11(6-9)13(18)15-14(3,4)8-12(16)17/h5-7H,8H2,1-4H3,(H,15,18)(H,16,17). The SMILES string of the molecule is Cc1cc(C)cc(C(=O)NC(C)(C)CC(=O)O)c1. The topological polar surface area (TPSA) is 66.4 Å². The number of rotatable bonds is 4. The molecule has 0 bridgehead atoms. The van der Waals surface area contributed by atoms with Gasteiger partial charge in [-0.2, -0.15) is 0 Å². The summed E-state index contributed by atoms with van der Waals surface area (Å²) in [6.45, 7) is 7.24. The molecule has 98 valence electrons. The van der Waals surface area contributed by atoms with E-state index in [1.165, 1.54) is 0 Å². The molecule has 0 atom stereocenters. The molecule has 18 heavy (non-hydrogen) atoms. The molecule has 1 rings (SSSR count). The van der Waals surface area contributed by atoms with Gasteiger partial charge in [0.05, 0.1) is 6.42 Å². The van der Waals surface area contributed by atoms with Crippen molar-refractivity contribution in [1.29, 1.82) is 0 Å². The molecule has 0 heterocycles. The smallest absolute Gasteiger partial charge is 0.305 e. The van der Waals surface area contributed by atoms with Crippen LogP contribution in [0.4, 0.5) is 0 Å².